The van der Waals surface area contributed by atoms with Crippen LogP contribution in [-0.4, -0.2) is 16.0 Å². The van der Waals surface area contributed by atoms with Crippen LogP contribution in [0.15, 0.2) is 47.1 Å². The smallest absolute Gasteiger partial charge is 0.117 e. The molecular weight excluding hydrogens is 298 g/mol. The van der Waals surface area contributed by atoms with Gasteiger partial charge in [0.05, 0.1) is 10.8 Å². The fourth-order valence-corrected chi connectivity index (χ4v) is 4.76. The van der Waals surface area contributed by atoms with Crippen LogP contribution in [0.2, 0.25) is 0 Å². The highest BCUT2D eigenvalue weighted by Gasteiger charge is 2.22. The maximum atomic E-state index is 6.23. The fourth-order valence-electron chi connectivity index (χ4n) is 2.27. The molecule has 2 N–H and O–H groups in total. The molecule has 2 aromatic heterocycles. The van der Waals surface area contributed by atoms with Crippen molar-refractivity contribution in [1.82, 2.24) is 9.97 Å². The third-order valence-electron chi connectivity index (χ3n) is 3.38. The Morgan fingerprint density at radius 2 is 2.00 bits per heavy atom. The van der Waals surface area contributed by atoms with Gasteiger partial charge in [0.25, 0.3) is 0 Å². The Morgan fingerprint density at radius 1 is 1.19 bits per heavy atom. The van der Waals surface area contributed by atoms with Crippen LogP contribution in [-0.2, 0) is 0 Å². The van der Waals surface area contributed by atoms with E-state index in [0.29, 0.717) is 0 Å². The van der Waals surface area contributed by atoms with E-state index in [4.69, 9.17) is 5.73 Å². The summed E-state index contributed by atoms with van der Waals surface area (Å²) >= 11 is 3.50. The summed E-state index contributed by atoms with van der Waals surface area (Å²) in [6.45, 7) is 4.19. The molecule has 3 aromatic rings. The van der Waals surface area contributed by atoms with E-state index in [1.807, 2.05) is 18.2 Å². The molecule has 5 heteroatoms. The molecular formula is C16H17N3S2. The number of aromatic nitrogens is 2. The molecule has 0 aliphatic heterocycles. The van der Waals surface area contributed by atoms with Crippen LogP contribution in [0.3, 0.4) is 0 Å². The Kier molecular flexibility index (Phi) is 4.24. The lowest BCUT2D eigenvalue weighted by molar-refractivity contribution is 0.726. The second kappa shape index (κ2) is 6.13. The number of nitrogens with zero attached hydrogens (tertiary/aromatic N) is 2. The minimum Gasteiger partial charge on any atom is -0.327 e. The molecule has 0 fully saturated rings. The van der Waals surface area contributed by atoms with Gasteiger partial charge in [-0.15, -0.1) is 11.3 Å². The zero-order valence-corrected chi connectivity index (χ0v) is 13.6. The molecule has 0 amide bonds. The zero-order valence-electron chi connectivity index (χ0n) is 12.0. The summed E-state index contributed by atoms with van der Waals surface area (Å²) in [7, 11) is 0. The van der Waals surface area contributed by atoms with E-state index >= 15 is 0 Å². The summed E-state index contributed by atoms with van der Waals surface area (Å²) in [6.07, 6.45) is 1.63. The molecule has 2 unspecified atom stereocenters. The molecule has 0 bridgehead atoms. The summed E-state index contributed by atoms with van der Waals surface area (Å²) in [5, 5.41) is 4.42. The van der Waals surface area contributed by atoms with Gasteiger partial charge in [-0.3, -0.25) is 0 Å². The van der Waals surface area contributed by atoms with Crippen molar-refractivity contribution >= 4 is 34.0 Å². The predicted octanol–water partition coefficient (Wildman–Crippen LogP) is 4.18. The van der Waals surface area contributed by atoms with Crippen LogP contribution in [0.4, 0.5) is 0 Å². The van der Waals surface area contributed by atoms with E-state index in [2.05, 4.69) is 41.3 Å². The largest absolute Gasteiger partial charge is 0.327 e. The van der Waals surface area contributed by atoms with Crippen molar-refractivity contribution < 1.29 is 0 Å². The van der Waals surface area contributed by atoms with Crippen LogP contribution in [0.1, 0.15) is 22.6 Å². The molecule has 1 aromatic carbocycles. The van der Waals surface area contributed by atoms with E-state index in [1.165, 1.54) is 10.4 Å². The third kappa shape index (κ3) is 2.95. The number of aryl methyl sites for hydroxylation is 1. The average molecular weight is 315 g/mol. The summed E-state index contributed by atoms with van der Waals surface area (Å²) < 4.78 is 0. The van der Waals surface area contributed by atoms with Crippen molar-refractivity contribution in [2.45, 2.75) is 30.2 Å². The number of benzene rings is 1. The summed E-state index contributed by atoms with van der Waals surface area (Å²) in [5.41, 5.74) is 8.50. The molecule has 3 nitrogen and oxygen atoms in total. The van der Waals surface area contributed by atoms with Crippen LogP contribution < -0.4 is 5.73 Å². The van der Waals surface area contributed by atoms with Gasteiger partial charge in [-0.25, -0.2) is 9.97 Å². The molecule has 0 saturated heterocycles. The highest BCUT2D eigenvalue weighted by Crippen LogP contribution is 2.41. The van der Waals surface area contributed by atoms with Crippen LogP contribution >= 0.6 is 23.1 Å². The van der Waals surface area contributed by atoms with Crippen molar-refractivity contribution in [3.63, 3.8) is 0 Å². The number of nitrogens with two attached hydrogens (primary N) is 1. The number of thiophene rings is 1. The fraction of sp³-hybridized carbons (Fsp3) is 0.250. The summed E-state index contributed by atoms with van der Waals surface area (Å²) in [5.74, 6) is 0. The van der Waals surface area contributed by atoms with Gasteiger partial charge in [0.15, 0.2) is 0 Å². The van der Waals surface area contributed by atoms with Crippen molar-refractivity contribution in [3.05, 3.63) is 52.5 Å². The van der Waals surface area contributed by atoms with Gasteiger partial charge in [0.1, 0.15) is 11.4 Å². The van der Waals surface area contributed by atoms with E-state index in [-0.39, 0.29) is 11.3 Å². The van der Waals surface area contributed by atoms with E-state index in [0.717, 1.165) is 15.9 Å². The molecule has 3 rings (SSSR count). The lowest BCUT2D eigenvalue weighted by Gasteiger charge is -2.20. The Hall–Kier alpha value is -1.43. The molecule has 0 saturated carbocycles. The molecule has 2 heterocycles. The lowest BCUT2D eigenvalue weighted by Crippen LogP contribution is -2.22. The maximum absolute atomic E-state index is 6.23. The summed E-state index contributed by atoms with van der Waals surface area (Å²) in [6, 6.07) is 10.3. The Labute approximate surface area is 132 Å². The first-order valence-corrected chi connectivity index (χ1v) is 8.58. The summed E-state index contributed by atoms with van der Waals surface area (Å²) in [4.78, 5) is 10.1. The Balaban J connectivity index is 2.01. The monoisotopic (exact) mass is 315 g/mol. The average Bonchev–Trinajstić information content (AvgIpc) is 2.90. The van der Waals surface area contributed by atoms with Crippen molar-refractivity contribution in [2.24, 2.45) is 5.73 Å². The normalized spacial score (nSPS) is 14.2. The number of fused-ring (bicyclic) bond motifs is 1. The minimum absolute atomic E-state index is 0.0566. The zero-order chi connectivity index (χ0) is 14.8. The van der Waals surface area contributed by atoms with Gasteiger partial charge in [-0.05, 0) is 36.9 Å². The minimum atomic E-state index is 0.0566. The lowest BCUT2D eigenvalue weighted by atomic mass is 10.1. The molecule has 108 valence electrons. The predicted molar refractivity (Wildman–Crippen MR) is 90.8 cm³/mol. The van der Waals surface area contributed by atoms with E-state index in [9.17, 15) is 0 Å². The SMILES string of the molecule is Cc1ccsc1C(Sc1ncnc2ccccc12)C(C)N. The number of hydrogen-bond acceptors (Lipinski definition) is 5. The Morgan fingerprint density at radius 3 is 2.71 bits per heavy atom. The number of para-hydroxylation sites is 1. The Bertz CT molecular complexity index is 747. The van der Waals surface area contributed by atoms with Crippen LogP contribution in [0.25, 0.3) is 10.9 Å². The van der Waals surface area contributed by atoms with E-state index < -0.39 is 0 Å². The molecule has 0 spiro atoms. The maximum Gasteiger partial charge on any atom is 0.117 e. The van der Waals surface area contributed by atoms with Crippen LogP contribution in [0, 0.1) is 6.92 Å². The molecule has 0 radical (unpaired) electrons. The highest BCUT2D eigenvalue weighted by atomic mass is 32.2. The molecule has 0 aliphatic rings. The van der Waals surface area contributed by atoms with E-state index in [1.54, 1.807) is 29.4 Å². The van der Waals surface area contributed by atoms with Crippen molar-refractivity contribution in [2.75, 3.05) is 0 Å². The number of hydrogen-bond donors (Lipinski definition) is 1. The second-order valence-corrected chi connectivity index (χ2v) is 7.14. The first-order valence-electron chi connectivity index (χ1n) is 6.83. The van der Waals surface area contributed by atoms with Gasteiger partial charge in [-0.2, -0.15) is 0 Å². The standard InChI is InChI=1S/C16H17N3S2/c1-10-7-8-20-14(10)15(11(2)17)21-16-12-5-3-4-6-13(12)18-9-19-16/h3-9,11,15H,17H2,1-2H3. The topological polar surface area (TPSA) is 51.8 Å². The van der Waals surface area contributed by atoms with Gasteiger partial charge in [-0.1, -0.05) is 30.0 Å². The number of rotatable bonds is 4. The van der Waals surface area contributed by atoms with Gasteiger partial charge >= 0.3 is 0 Å². The number of thioether (sulfide) groups is 1. The second-order valence-electron chi connectivity index (χ2n) is 5.06. The molecule has 21 heavy (non-hydrogen) atoms. The van der Waals surface area contributed by atoms with Crippen molar-refractivity contribution in [1.29, 1.82) is 0 Å². The van der Waals surface area contributed by atoms with Crippen LogP contribution in [0.5, 0.6) is 0 Å². The third-order valence-corrected chi connectivity index (χ3v) is 6.10. The van der Waals surface area contributed by atoms with Crippen molar-refractivity contribution in [3.8, 4) is 0 Å². The molecule has 2 atom stereocenters. The van der Waals surface area contributed by atoms with Gasteiger partial charge in [0.2, 0.25) is 0 Å². The van der Waals surface area contributed by atoms with Gasteiger partial charge in [0, 0.05) is 16.3 Å². The first-order chi connectivity index (χ1) is 10.2. The quantitative estimate of drug-likeness (QED) is 0.579. The van der Waals surface area contributed by atoms with Gasteiger partial charge < -0.3 is 5.73 Å². The highest BCUT2D eigenvalue weighted by molar-refractivity contribution is 7.99. The molecule has 0 aliphatic carbocycles. The first kappa shape index (κ1) is 14.5.